The Kier molecular flexibility index (Phi) is 2.87. The van der Waals surface area contributed by atoms with Crippen molar-refractivity contribution in [3.8, 4) is 0 Å². The van der Waals surface area contributed by atoms with Crippen molar-refractivity contribution in [1.82, 2.24) is 4.90 Å². The topological polar surface area (TPSA) is 87.1 Å². The fourth-order valence-electron chi connectivity index (χ4n) is 2.58. The molecular formula is C10H14NO5P. The van der Waals surface area contributed by atoms with Gasteiger partial charge in [0.15, 0.2) is 5.70 Å². The predicted octanol–water partition coefficient (Wildman–Crippen LogP) is -0.0532. The summed E-state index contributed by atoms with van der Waals surface area (Å²) in [6.07, 6.45) is -0.801. The van der Waals surface area contributed by atoms with Gasteiger partial charge in [-0.05, 0) is 6.92 Å². The molecule has 2 aliphatic heterocycles. The number of aliphatic hydroxyl groups excluding tert-OH is 2. The molecule has 0 aromatic carbocycles. The van der Waals surface area contributed by atoms with Crippen molar-refractivity contribution in [3.63, 3.8) is 0 Å². The SMILES string of the molecule is CC(O)C1C(=O)N2C(C(=O)OP)=C(O)C(C)C12. The quantitative estimate of drug-likeness (QED) is 0.536. The van der Waals surface area contributed by atoms with E-state index < -0.39 is 18.0 Å². The molecule has 2 heterocycles. The van der Waals surface area contributed by atoms with Crippen LogP contribution in [0.1, 0.15) is 13.8 Å². The summed E-state index contributed by atoms with van der Waals surface area (Å²) in [7, 11) is 1.78. The monoisotopic (exact) mass is 259 g/mol. The number of fused-ring (bicyclic) bond motifs is 1. The minimum absolute atomic E-state index is 0.112. The third-order valence-corrected chi connectivity index (χ3v) is 3.65. The summed E-state index contributed by atoms with van der Waals surface area (Å²) >= 11 is 0. The van der Waals surface area contributed by atoms with E-state index in [1.807, 2.05) is 0 Å². The lowest BCUT2D eigenvalue weighted by Crippen LogP contribution is -2.63. The smallest absolute Gasteiger partial charge is 0.360 e. The molecule has 0 saturated carbocycles. The fraction of sp³-hybridized carbons (Fsp3) is 0.600. The molecule has 5 atom stereocenters. The molecule has 5 unspecified atom stereocenters. The van der Waals surface area contributed by atoms with Crippen molar-refractivity contribution < 1.29 is 24.3 Å². The van der Waals surface area contributed by atoms with Gasteiger partial charge in [0.1, 0.15) is 5.76 Å². The molecule has 6 nitrogen and oxygen atoms in total. The Morgan fingerprint density at radius 3 is 2.65 bits per heavy atom. The number of hydrogen-bond acceptors (Lipinski definition) is 5. The second kappa shape index (κ2) is 3.96. The molecule has 1 saturated heterocycles. The second-order valence-electron chi connectivity index (χ2n) is 4.39. The third kappa shape index (κ3) is 1.47. The standard InChI is InChI=1S/C10H14NO5P/c1-3-6-5(4(2)12)9(14)11(6)7(8(3)13)10(15)16-17/h3-6,12-13H,17H2,1-2H3. The van der Waals surface area contributed by atoms with Crippen molar-refractivity contribution in [2.24, 2.45) is 11.8 Å². The zero-order valence-corrected chi connectivity index (χ0v) is 10.6. The van der Waals surface area contributed by atoms with E-state index in [-0.39, 0.29) is 29.3 Å². The first-order valence-electron chi connectivity index (χ1n) is 5.27. The van der Waals surface area contributed by atoms with Crippen LogP contribution >= 0.6 is 9.47 Å². The van der Waals surface area contributed by atoms with Gasteiger partial charge in [-0.15, -0.1) is 0 Å². The lowest BCUT2D eigenvalue weighted by molar-refractivity contribution is -0.162. The largest absolute Gasteiger partial charge is 0.509 e. The molecular weight excluding hydrogens is 245 g/mol. The molecule has 0 aliphatic carbocycles. The molecule has 94 valence electrons. The van der Waals surface area contributed by atoms with Crippen LogP contribution in [0.4, 0.5) is 0 Å². The van der Waals surface area contributed by atoms with Crippen molar-refractivity contribution in [2.75, 3.05) is 0 Å². The molecule has 17 heavy (non-hydrogen) atoms. The maximum atomic E-state index is 11.8. The van der Waals surface area contributed by atoms with Gasteiger partial charge < -0.3 is 14.7 Å². The number of nitrogens with zero attached hydrogens (tertiary/aromatic N) is 1. The Hall–Kier alpha value is -1.13. The predicted molar refractivity (Wildman–Crippen MR) is 60.4 cm³/mol. The third-order valence-electron chi connectivity index (χ3n) is 3.44. The van der Waals surface area contributed by atoms with Crippen LogP contribution in [0.3, 0.4) is 0 Å². The molecule has 0 radical (unpaired) electrons. The van der Waals surface area contributed by atoms with Gasteiger partial charge in [-0.2, -0.15) is 0 Å². The van der Waals surface area contributed by atoms with Crippen LogP contribution in [-0.2, 0) is 14.1 Å². The number of hydrogen-bond donors (Lipinski definition) is 2. The van der Waals surface area contributed by atoms with Gasteiger partial charge in [0.05, 0.1) is 27.5 Å². The first-order valence-corrected chi connectivity index (χ1v) is 5.74. The number of rotatable bonds is 2. The minimum atomic E-state index is -0.801. The van der Waals surface area contributed by atoms with Crippen LogP contribution in [0.25, 0.3) is 0 Å². The van der Waals surface area contributed by atoms with Gasteiger partial charge in [0, 0.05) is 5.92 Å². The van der Waals surface area contributed by atoms with Crippen molar-refractivity contribution in [1.29, 1.82) is 0 Å². The summed E-state index contributed by atoms with van der Waals surface area (Å²) < 4.78 is 4.45. The molecule has 1 amide bonds. The number of carbonyl (C=O) groups is 2. The van der Waals surface area contributed by atoms with Crippen molar-refractivity contribution in [2.45, 2.75) is 26.0 Å². The number of aliphatic hydroxyl groups is 2. The summed E-state index contributed by atoms with van der Waals surface area (Å²) in [6.45, 7) is 3.23. The Labute approximate surface area is 101 Å². The van der Waals surface area contributed by atoms with Crippen LogP contribution in [0.2, 0.25) is 0 Å². The van der Waals surface area contributed by atoms with Gasteiger partial charge in [-0.25, -0.2) is 4.79 Å². The van der Waals surface area contributed by atoms with Crippen LogP contribution in [0.15, 0.2) is 11.5 Å². The van der Waals surface area contributed by atoms with Gasteiger partial charge in [0.2, 0.25) is 5.91 Å². The first kappa shape index (κ1) is 12.3. The van der Waals surface area contributed by atoms with E-state index in [0.717, 1.165) is 0 Å². The molecule has 2 aliphatic rings. The Morgan fingerprint density at radius 1 is 1.59 bits per heavy atom. The fourth-order valence-corrected chi connectivity index (χ4v) is 2.69. The maximum absolute atomic E-state index is 11.8. The lowest BCUT2D eigenvalue weighted by Gasteiger charge is -2.46. The highest BCUT2D eigenvalue weighted by molar-refractivity contribution is 7.10. The van der Waals surface area contributed by atoms with E-state index in [2.05, 4.69) is 4.52 Å². The molecule has 0 bridgehead atoms. The van der Waals surface area contributed by atoms with Gasteiger partial charge >= 0.3 is 5.97 Å². The number of amides is 1. The average molecular weight is 259 g/mol. The zero-order valence-electron chi connectivity index (χ0n) is 9.45. The van der Waals surface area contributed by atoms with E-state index >= 15 is 0 Å². The molecule has 7 heteroatoms. The molecule has 1 fully saturated rings. The molecule has 2 rings (SSSR count). The molecule has 0 aromatic rings. The van der Waals surface area contributed by atoms with Crippen LogP contribution < -0.4 is 0 Å². The van der Waals surface area contributed by atoms with E-state index in [4.69, 9.17) is 0 Å². The number of β-lactam (4-membered cyclic amide) rings is 1. The highest BCUT2D eigenvalue weighted by Gasteiger charge is 2.60. The summed E-state index contributed by atoms with van der Waals surface area (Å²) in [5.74, 6) is -2.21. The van der Waals surface area contributed by atoms with Crippen LogP contribution in [-0.4, -0.2) is 39.1 Å². The van der Waals surface area contributed by atoms with Crippen molar-refractivity contribution >= 4 is 21.3 Å². The Balaban J connectivity index is 2.34. The van der Waals surface area contributed by atoms with Crippen LogP contribution in [0, 0.1) is 11.8 Å². The minimum Gasteiger partial charge on any atom is -0.509 e. The Bertz CT molecular complexity index is 419. The highest BCUT2D eigenvalue weighted by atomic mass is 31.0. The van der Waals surface area contributed by atoms with Gasteiger partial charge in [-0.3, -0.25) is 9.69 Å². The average Bonchev–Trinajstić information content (AvgIpc) is 2.49. The summed E-state index contributed by atoms with van der Waals surface area (Å²) in [5, 5.41) is 19.4. The van der Waals surface area contributed by atoms with E-state index in [1.165, 1.54) is 11.8 Å². The molecule has 0 aromatic heterocycles. The van der Waals surface area contributed by atoms with Gasteiger partial charge in [-0.1, -0.05) is 6.92 Å². The normalized spacial score (nSPS) is 33.3. The van der Waals surface area contributed by atoms with E-state index in [9.17, 15) is 19.8 Å². The van der Waals surface area contributed by atoms with Gasteiger partial charge in [0.25, 0.3) is 0 Å². The maximum Gasteiger partial charge on any atom is 0.360 e. The highest BCUT2D eigenvalue weighted by Crippen LogP contribution is 2.46. The second-order valence-corrected chi connectivity index (χ2v) is 4.63. The Morgan fingerprint density at radius 2 is 2.18 bits per heavy atom. The number of carbonyl (C=O) groups excluding carboxylic acids is 2. The van der Waals surface area contributed by atoms with Crippen molar-refractivity contribution in [3.05, 3.63) is 11.5 Å². The summed E-state index contributed by atoms with van der Waals surface area (Å²) in [5.41, 5.74) is -0.112. The van der Waals surface area contributed by atoms with E-state index in [0.29, 0.717) is 0 Å². The van der Waals surface area contributed by atoms with Crippen LogP contribution in [0.5, 0.6) is 0 Å². The first-order chi connectivity index (χ1) is 7.91. The van der Waals surface area contributed by atoms with E-state index in [1.54, 1.807) is 16.4 Å². The zero-order chi connectivity index (χ0) is 12.9. The summed E-state index contributed by atoms with van der Waals surface area (Å²) in [6, 6.07) is -0.360. The summed E-state index contributed by atoms with van der Waals surface area (Å²) in [4.78, 5) is 24.5. The molecule has 2 N–H and O–H groups in total. The molecule has 0 spiro atoms. The lowest BCUT2D eigenvalue weighted by atomic mass is 9.79.